The molecule has 184 valence electrons. The summed E-state index contributed by atoms with van der Waals surface area (Å²) in [6, 6.07) is 22.8. The third-order valence-corrected chi connectivity index (χ3v) is 5.65. The Hall–Kier alpha value is -4.39. The second-order valence-corrected chi connectivity index (χ2v) is 8.41. The number of esters is 1. The van der Waals surface area contributed by atoms with E-state index in [0.717, 1.165) is 18.4 Å². The van der Waals surface area contributed by atoms with E-state index < -0.39 is 17.5 Å². The monoisotopic (exact) mass is 485 g/mol. The molecule has 1 unspecified atom stereocenters. The zero-order valence-electron chi connectivity index (χ0n) is 20.2. The first-order chi connectivity index (χ1) is 17.4. The van der Waals surface area contributed by atoms with Crippen molar-refractivity contribution in [3.05, 3.63) is 106 Å². The van der Waals surface area contributed by atoms with Gasteiger partial charge < -0.3 is 19.2 Å². The van der Waals surface area contributed by atoms with Gasteiger partial charge in [0.1, 0.15) is 22.6 Å². The molecule has 0 saturated carbocycles. The molecule has 36 heavy (non-hydrogen) atoms. The highest BCUT2D eigenvalue weighted by atomic mass is 16.6. The SMILES string of the molecule is CCCc1ccc(OCC(=O)Oc2ccc3cc(C(=O)NC(C)c4ccccc4)c(=O)oc3c2)cc1. The van der Waals surface area contributed by atoms with E-state index in [9.17, 15) is 14.4 Å². The van der Waals surface area contributed by atoms with E-state index in [2.05, 4.69) is 12.2 Å². The van der Waals surface area contributed by atoms with Crippen LogP contribution in [-0.2, 0) is 11.2 Å². The molecule has 1 aromatic heterocycles. The third kappa shape index (κ3) is 6.18. The van der Waals surface area contributed by atoms with Crippen molar-refractivity contribution in [3.8, 4) is 11.5 Å². The fraction of sp³-hybridized carbons (Fsp3) is 0.207. The van der Waals surface area contributed by atoms with Gasteiger partial charge in [-0.1, -0.05) is 55.8 Å². The number of aryl methyl sites for hydroxylation is 1. The predicted molar refractivity (Wildman–Crippen MR) is 136 cm³/mol. The van der Waals surface area contributed by atoms with Gasteiger partial charge in [0, 0.05) is 11.5 Å². The molecule has 0 saturated heterocycles. The standard InChI is InChI=1S/C29H27NO6/c1-3-7-20-10-13-23(14-11-20)34-18-27(31)35-24-15-12-22-16-25(29(33)36-26(22)17-24)28(32)30-19(2)21-8-5-4-6-9-21/h4-6,8-17,19H,3,7,18H2,1-2H3,(H,30,32). The van der Waals surface area contributed by atoms with E-state index in [4.69, 9.17) is 13.9 Å². The van der Waals surface area contributed by atoms with Crippen molar-refractivity contribution >= 4 is 22.8 Å². The fourth-order valence-corrected chi connectivity index (χ4v) is 3.76. The lowest BCUT2D eigenvalue weighted by atomic mass is 10.1. The van der Waals surface area contributed by atoms with E-state index in [1.807, 2.05) is 61.5 Å². The van der Waals surface area contributed by atoms with Crippen LogP contribution in [0.3, 0.4) is 0 Å². The molecule has 1 N–H and O–H groups in total. The van der Waals surface area contributed by atoms with Crippen LogP contribution in [0.2, 0.25) is 0 Å². The Morgan fingerprint density at radius 1 is 0.944 bits per heavy atom. The summed E-state index contributed by atoms with van der Waals surface area (Å²) in [6.07, 6.45) is 2.04. The fourth-order valence-electron chi connectivity index (χ4n) is 3.76. The topological polar surface area (TPSA) is 94.8 Å². The number of ether oxygens (including phenoxy) is 2. The Kier molecular flexibility index (Phi) is 7.80. The number of carbonyl (C=O) groups excluding carboxylic acids is 2. The molecule has 4 rings (SSSR count). The maximum atomic E-state index is 12.7. The molecule has 0 spiro atoms. The average molecular weight is 486 g/mol. The van der Waals surface area contributed by atoms with Gasteiger partial charge in [-0.3, -0.25) is 4.79 Å². The summed E-state index contributed by atoms with van der Waals surface area (Å²) >= 11 is 0. The first-order valence-electron chi connectivity index (χ1n) is 11.8. The summed E-state index contributed by atoms with van der Waals surface area (Å²) < 4.78 is 16.2. The molecule has 3 aromatic carbocycles. The van der Waals surface area contributed by atoms with Gasteiger partial charge in [0.25, 0.3) is 5.91 Å². The van der Waals surface area contributed by atoms with Crippen molar-refractivity contribution in [3.63, 3.8) is 0 Å². The molecular formula is C29H27NO6. The molecule has 1 heterocycles. The van der Waals surface area contributed by atoms with Crippen molar-refractivity contribution in [2.24, 2.45) is 0 Å². The highest BCUT2D eigenvalue weighted by Crippen LogP contribution is 2.22. The number of rotatable bonds is 9. The number of carbonyl (C=O) groups is 2. The quantitative estimate of drug-likeness (QED) is 0.198. The molecule has 1 atom stereocenters. The second kappa shape index (κ2) is 11.4. The molecule has 0 aliphatic rings. The van der Waals surface area contributed by atoms with Gasteiger partial charge in [-0.25, -0.2) is 9.59 Å². The number of nitrogens with one attached hydrogen (secondary N) is 1. The van der Waals surface area contributed by atoms with Crippen LogP contribution in [0.5, 0.6) is 11.5 Å². The van der Waals surface area contributed by atoms with E-state index in [-0.39, 0.29) is 29.5 Å². The lowest BCUT2D eigenvalue weighted by Crippen LogP contribution is -2.30. The summed E-state index contributed by atoms with van der Waals surface area (Å²) in [6.45, 7) is 3.68. The molecule has 0 aliphatic heterocycles. The van der Waals surface area contributed by atoms with Gasteiger partial charge in [-0.2, -0.15) is 0 Å². The van der Waals surface area contributed by atoms with Crippen molar-refractivity contribution < 1.29 is 23.5 Å². The minimum atomic E-state index is -0.779. The Bertz CT molecular complexity index is 1410. The van der Waals surface area contributed by atoms with Crippen molar-refractivity contribution in [2.75, 3.05) is 6.61 Å². The first kappa shape index (κ1) is 24.7. The summed E-state index contributed by atoms with van der Waals surface area (Å²) in [4.78, 5) is 37.4. The summed E-state index contributed by atoms with van der Waals surface area (Å²) in [5, 5.41) is 3.33. The Labute approximate surface area is 208 Å². The van der Waals surface area contributed by atoms with Crippen LogP contribution in [-0.4, -0.2) is 18.5 Å². The molecule has 1 amide bonds. The molecule has 7 nitrogen and oxygen atoms in total. The predicted octanol–water partition coefficient (Wildman–Crippen LogP) is 5.22. The number of benzene rings is 3. The number of hydrogen-bond acceptors (Lipinski definition) is 6. The largest absolute Gasteiger partial charge is 0.482 e. The molecule has 0 radical (unpaired) electrons. The van der Waals surface area contributed by atoms with E-state index >= 15 is 0 Å². The summed E-state index contributed by atoms with van der Waals surface area (Å²) in [7, 11) is 0. The van der Waals surface area contributed by atoms with Crippen molar-refractivity contribution in [1.29, 1.82) is 0 Å². The van der Waals surface area contributed by atoms with Crippen molar-refractivity contribution in [1.82, 2.24) is 5.32 Å². The van der Waals surface area contributed by atoms with E-state index in [1.165, 1.54) is 17.7 Å². The van der Waals surface area contributed by atoms with Gasteiger partial charge in [0.05, 0.1) is 6.04 Å². The van der Waals surface area contributed by atoms with Gasteiger partial charge >= 0.3 is 11.6 Å². The maximum absolute atomic E-state index is 12.7. The normalized spacial score (nSPS) is 11.6. The first-order valence-corrected chi connectivity index (χ1v) is 11.8. The second-order valence-electron chi connectivity index (χ2n) is 8.41. The molecule has 0 fully saturated rings. The van der Waals surface area contributed by atoms with Crippen LogP contribution < -0.4 is 20.4 Å². The summed E-state index contributed by atoms with van der Waals surface area (Å²) in [5.41, 5.74) is 1.44. The number of amides is 1. The van der Waals surface area contributed by atoms with Gasteiger partial charge in [-0.05, 0) is 54.8 Å². The molecule has 4 aromatic rings. The zero-order chi connectivity index (χ0) is 25.5. The summed E-state index contributed by atoms with van der Waals surface area (Å²) in [5.74, 6) is -0.353. The lowest BCUT2D eigenvalue weighted by Gasteiger charge is -2.14. The van der Waals surface area contributed by atoms with Gasteiger partial charge in [0.15, 0.2) is 6.61 Å². The number of hydrogen-bond donors (Lipinski definition) is 1. The Morgan fingerprint density at radius 2 is 1.67 bits per heavy atom. The van der Waals surface area contributed by atoms with Crippen LogP contribution in [0, 0.1) is 0 Å². The zero-order valence-corrected chi connectivity index (χ0v) is 20.2. The third-order valence-electron chi connectivity index (χ3n) is 5.65. The Balaban J connectivity index is 1.39. The van der Waals surface area contributed by atoms with Crippen LogP contribution in [0.1, 0.15) is 47.8 Å². The van der Waals surface area contributed by atoms with Crippen LogP contribution >= 0.6 is 0 Å². The van der Waals surface area contributed by atoms with E-state index in [1.54, 1.807) is 12.1 Å². The minimum Gasteiger partial charge on any atom is -0.482 e. The van der Waals surface area contributed by atoms with Crippen LogP contribution in [0.4, 0.5) is 0 Å². The minimum absolute atomic E-state index is 0.103. The van der Waals surface area contributed by atoms with Gasteiger partial charge in [0.2, 0.25) is 0 Å². The smallest absolute Gasteiger partial charge is 0.349 e. The average Bonchev–Trinajstić information content (AvgIpc) is 2.88. The van der Waals surface area contributed by atoms with Crippen LogP contribution in [0.25, 0.3) is 11.0 Å². The van der Waals surface area contributed by atoms with Crippen molar-refractivity contribution in [2.45, 2.75) is 32.7 Å². The van der Waals surface area contributed by atoms with Gasteiger partial charge in [-0.15, -0.1) is 0 Å². The molecule has 0 aliphatic carbocycles. The molecule has 0 bridgehead atoms. The highest BCUT2D eigenvalue weighted by Gasteiger charge is 2.17. The van der Waals surface area contributed by atoms with E-state index in [0.29, 0.717) is 11.1 Å². The lowest BCUT2D eigenvalue weighted by molar-refractivity contribution is -0.136. The number of fused-ring (bicyclic) bond motifs is 1. The molecule has 7 heteroatoms. The molecular weight excluding hydrogens is 458 g/mol. The maximum Gasteiger partial charge on any atom is 0.349 e. The highest BCUT2D eigenvalue weighted by molar-refractivity contribution is 5.97. The Morgan fingerprint density at radius 3 is 2.39 bits per heavy atom. The van der Waals surface area contributed by atoms with Crippen LogP contribution in [0.15, 0.2) is 88.1 Å².